The monoisotopic (exact) mass is 774 g/mol. The first kappa shape index (κ1) is 38.2. The number of hydrogen-bond acceptors (Lipinski definition) is 9. The van der Waals surface area contributed by atoms with Crippen LogP contribution in [0.15, 0.2) is 79.1 Å². The van der Waals surface area contributed by atoms with Gasteiger partial charge in [-0.25, -0.2) is 14.0 Å². The van der Waals surface area contributed by atoms with Crippen molar-refractivity contribution in [2.45, 2.75) is 50.7 Å². The maximum absolute atomic E-state index is 15.0. The molecule has 1 aromatic heterocycles. The van der Waals surface area contributed by atoms with Crippen molar-refractivity contribution in [3.8, 4) is 11.5 Å². The molecule has 0 saturated carbocycles. The number of piperidine rings is 3. The zero-order valence-electron chi connectivity index (χ0n) is 28.5. The lowest BCUT2D eigenvalue weighted by Gasteiger charge is -2.44. The number of benzene rings is 3. The van der Waals surface area contributed by atoms with Crippen LogP contribution in [-0.4, -0.2) is 61.5 Å². The summed E-state index contributed by atoms with van der Waals surface area (Å²) in [5, 5.41) is 13.1. The zero-order valence-corrected chi connectivity index (χ0v) is 30.0. The Kier molecular flexibility index (Phi) is 12.3. The number of nitrogens with one attached hydrogen (secondary N) is 1. The van der Waals surface area contributed by atoms with Crippen molar-refractivity contribution in [1.82, 2.24) is 10.2 Å². The Morgan fingerprint density at radius 3 is 2.40 bits per heavy atom. The van der Waals surface area contributed by atoms with Gasteiger partial charge in [0.25, 0.3) is 0 Å². The smallest absolute Gasteiger partial charge is 0.387 e. The van der Waals surface area contributed by atoms with Crippen molar-refractivity contribution >= 4 is 35.1 Å². The van der Waals surface area contributed by atoms with Gasteiger partial charge in [0.15, 0.2) is 11.5 Å². The average Bonchev–Trinajstić information content (AvgIpc) is 3.14. The highest BCUT2D eigenvalue weighted by Crippen LogP contribution is 2.36. The third-order valence-corrected chi connectivity index (χ3v) is 10.1. The summed E-state index contributed by atoms with van der Waals surface area (Å²) >= 11 is 12.8. The Labute approximate surface area is 313 Å². The topological polar surface area (TPSA) is 110 Å². The third kappa shape index (κ3) is 9.33. The molecular formula is C38H37Cl2F3N3O7+. The molecule has 15 heteroatoms. The van der Waals surface area contributed by atoms with Gasteiger partial charge in [0.2, 0.25) is 12.4 Å². The molecule has 0 radical (unpaired) electrons. The molecule has 7 rings (SSSR count). The van der Waals surface area contributed by atoms with E-state index in [1.165, 1.54) is 55.9 Å². The van der Waals surface area contributed by atoms with Gasteiger partial charge in [-0.3, -0.25) is 15.4 Å². The van der Waals surface area contributed by atoms with Gasteiger partial charge >= 0.3 is 18.6 Å². The van der Waals surface area contributed by atoms with Gasteiger partial charge in [-0.1, -0.05) is 59.6 Å². The summed E-state index contributed by atoms with van der Waals surface area (Å²) in [6.07, 6.45) is 2.88. The lowest BCUT2D eigenvalue weighted by molar-refractivity contribution is -0.904. The van der Waals surface area contributed by atoms with E-state index >= 15 is 4.39 Å². The summed E-state index contributed by atoms with van der Waals surface area (Å²) in [5.74, 6) is -1.89. The normalized spacial score (nSPS) is 19.0. The lowest BCUT2D eigenvalue weighted by atomic mass is 9.86. The van der Waals surface area contributed by atoms with Crippen molar-refractivity contribution in [3.63, 3.8) is 0 Å². The van der Waals surface area contributed by atoms with Gasteiger partial charge < -0.3 is 18.9 Å². The molecule has 1 unspecified atom stereocenters. The van der Waals surface area contributed by atoms with Crippen LogP contribution in [0.5, 0.6) is 11.5 Å². The highest BCUT2D eigenvalue weighted by molar-refractivity contribution is 6.35. The van der Waals surface area contributed by atoms with Gasteiger partial charge in [-0.2, -0.15) is 8.78 Å². The van der Waals surface area contributed by atoms with E-state index in [-0.39, 0.29) is 57.7 Å². The second kappa shape index (κ2) is 17.1. The zero-order chi connectivity index (χ0) is 37.6. The molecule has 4 aromatic rings. The second-order valence-electron chi connectivity index (χ2n) is 12.8. The highest BCUT2D eigenvalue weighted by Gasteiger charge is 2.38. The largest absolute Gasteiger partial charge is 0.493 e. The second-order valence-corrected chi connectivity index (χ2v) is 13.7. The van der Waals surface area contributed by atoms with Crippen molar-refractivity contribution in [2.75, 3.05) is 26.7 Å². The molecule has 280 valence electrons. The van der Waals surface area contributed by atoms with E-state index in [1.54, 1.807) is 30.3 Å². The number of nitrogens with zero attached hydrogens (tertiary/aromatic N) is 2. The summed E-state index contributed by atoms with van der Waals surface area (Å²) in [7, 11) is 1.27. The molecule has 3 aliphatic heterocycles. The fourth-order valence-corrected chi connectivity index (χ4v) is 7.35. The predicted molar refractivity (Wildman–Crippen MR) is 187 cm³/mol. The number of methoxy groups -OCH3 is 1. The fraction of sp³-hybridized carbons (Fsp3) is 0.342. The molecule has 3 saturated heterocycles. The van der Waals surface area contributed by atoms with Gasteiger partial charge in [0.1, 0.15) is 34.1 Å². The summed E-state index contributed by atoms with van der Waals surface area (Å²) in [4.78, 5) is 29.6. The number of aromatic nitrogens is 1. The Balaban J connectivity index is 1.22. The molecule has 4 heterocycles. The van der Waals surface area contributed by atoms with E-state index in [9.17, 15) is 23.6 Å². The molecule has 3 aromatic carbocycles. The number of hydrogen-bond donors (Lipinski definition) is 2. The van der Waals surface area contributed by atoms with Crippen LogP contribution < -0.4 is 19.5 Å². The van der Waals surface area contributed by atoms with Crippen LogP contribution >= 0.6 is 23.2 Å². The van der Waals surface area contributed by atoms with Crippen LogP contribution in [0.3, 0.4) is 0 Å². The maximum Gasteiger partial charge on any atom is 0.387 e. The van der Waals surface area contributed by atoms with E-state index in [0.717, 1.165) is 25.9 Å². The molecular weight excluding hydrogens is 738 g/mol. The van der Waals surface area contributed by atoms with Crippen molar-refractivity contribution in [3.05, 3.63) is 123 Å². The van der Waals surface area contributed by atoms with Crippen molar-refractivity contribution < 1.29 is 51.6 Å². The van der Waals surface area contributed by atoms with Crippen LogP contribution in [0.4, 0.5) is 13.2 Å². The van der Waals surface area contributed by atoms with Gasteiger partial charge in [0.05, 0.1) is 12.7 Å². The van der Waals surface area contributed by atoms with Crippen molar-refractivity contribution in [2.24, 2.45) is 5.92 Å². The molecule has 3 fully saturated rings. The van der Waals surface area contributed by atoms with Crippen LogP contribution in [0, 0.1) is 11.7 Å². The van der Waals surface area contributed by atoms with Gasteiger partial charge in [-0.05, 0) is 73.3 Å². The summed E-state index contributed by atoms with van der Waals surface area (Å²) in [5.41, 5.74) is 1.56. The molecule has 10 nitrogen and oxygen atoms in total. The quantitative estimate of drug-likeness (QED) is 0.0806. The van der Waals surface area contributed by atoms with Crippen molar-refractivity contribution in [1.29, 1.82) is 0 Å². The maximum atomic E-state index is 15.0. The summed E-state index contributed by atoms with van der Waals surface area (Å²) < 4.78 is 63.5. The first-order valence-electron chi connectivity index (χ1n) is 16.9. The fourth-order valence-electron chi connectivity index (χ4n) is 6.74. The number of alkyl halides is 2. The van der Waals surface area contributed by atoms with Crippen LogP contribution in [0.2, 0.25) is 10.0 Å². The predicted octanol–water partition coefficient (Wildman–Crippen LogP) is 6.88. The minimum absolute atomic E-state index is 0.0354. The molecule has 0 aliphatic carbocycles. The number of carbonyl (C=O) groups excluding carboxylic acids is 2. The van der Waals surface area contributed by atoms with Crippen LogP contribution in [-0.2, 0) is 27.2 Å². The first-order chi connectivity index (χ1) is 25.5. The van der Waals surface area contributed by atoms with Gasteiger partial charge in [-0.15, -0.1) is 0 Å². The number of ether oxygens (including phenoxy) is 4. The van der Waals surface area contributed by atoms with Gasteiger partial charge in [0, 0.05) is 35.4 Å². The number of esters is 2. The highest BCUT2D eigenvalue weighted by atomic mass is 35.5. The standard InChI is InChI=1S/C38H37Cl2F3N3O7/c1-50-33-16-24(9-10-31(33)53-38(42)43)32(17-27-28(39)19-46(49)20-29(27)40)51-36(47)25-6-4-5-22(15-25)18-44-35(26-7-2-3-8-30(26)41)37(48)52-34-21-45-13-11-23(34)12-14-45/h2-10,15-16,19-20,23,32,34-35,38,44,49H,11-14,17-18,21H2,1H3/q+1/t32-,34-,35?/m0/s1. The molecule has 53 heavy (non-hydrogen) atoms. The Bertz CT molecular complexity index is 1920. The number of rotatable bonds is 14. The SMILES string of the molecule is COc1cc([C@H](Cc2c(Cl)c[n+](O)cc2Cl)OC(=O)c2cccc(CNC(C(=O)O[C@H]3CN4CCC3CC4)c3ccccc3F)c2)ccc1OC(F)F. The molecule has 3 aliphatic rings. The average molecular weight is 776 g/mol. The van der Waals surface area contributed by atoms with Crippen LogP contribution in [0.1, 0.15) is 57.6 Å². The lowest BCUT2D eigenvalue weighted by Crippen LogP contribution is -2.52. The molecule has 0 spiro atoms. The van der Waals surface area contributed by atoms with E-state index in [4.69, 9.17) is 37.4 Å². The van der Waals surface area contributed by atoms with E-state index in [2.05, 4.69) is 15.0 Å². The third-order valence-electron chi connectivity index (χ3n) is 9.47. The molecule has 2 bridgehead atoms. The van der Waals surface area contributed by atoms with E-state index in [1.807, 2.05) is 0 Å². The number of pyridine rings is 1. The summed E-state index contributed by atoms with van der Waals surface area (Å²) in [6, 6.07) is 15.5. The van der Waals surface area contributed by atoms with E-state index in [0.29, 0.717) is 28.0 Å². The number of halogens is 5. The number of fused-ring (bicyclic) bond motifs is 3. The minimum atomic E-state index is -3.10. The Hall–Kier alpha value is -4.56. The Morgan fingerprint density at radius 2 is 1.74 bits per heavy atom. The molecule has 3 atom stereocenters. The molecule has 2 N–H and O–H groups in total. The number of carbonyl (C=O) groups is 2. The summed E-state index contributed by atoms with van der Waals surface area (Å²) in [6.45, 7) is -0.438. The first-order valence-corrected chi connectivity index (χ1v) is 17.7. The minimum Gasteiger partial charge on any atom is -0.493 e. The molecule has 0 amide bonds. The Morgan fingerprint density at radius 1 is 1.00 bits per heavy atom. The van der Waals surface area contributed by atoms with Crippen LogP contribution in [0.25, 0.3) is 0 Å². The van der Waals surface area contributed by atoms with E-state index < -0.39 is 36.5 Å².